The Balaban J connectivity index is 2.09. The Morgan fingerprint density at radius 3 is 2.73 bits per heavy atom. The van der Waals surface area contributed by atoms with Crippen molar-refractivity contribution in [1.82, 2.24) is 9.80 Å². The molecule has 0 aromatic heterocycles. The first-order chi connectivity index (χ1) is 10.4. The fourth-order valence-corrected chi connectivity index (χ4v) is 2.87. The Morgan fingerprint density at radius 1 is 1.41 bits per heavy atom. The van der Waals surface area contributed by atoms with E-state index in [4.69, 9.17) is 0 Å². The van der Waals surface area contributed by atoms with Crippen LogP contribution in [0.4, 0.5) is 4.39 Å². The highest BCUT2D eigenvalue weighted by Gasteiger charge is 2.36. The van der Waals surface area contributed by atoms with Gasteiger partial charge in [-0.1, -0.05) is 12.1 Å². The van der Waals surface area contributed by atoms with Gasteiger partial charge >= 0.3 is 5.97 Å². The van der Waals surface area contributed by atoms with Crippen molar-refractivity contribution in [3.63, 3.8) is 0 Å². The Hall–Kier alpha value is -1.95. The number of amides is 1. The zero-order chi connectivity index (χ0) is 16.3. The molecule has 1 heterocycles. The number of piperidine rings is 1. The van der Waals surface area contributed by atoms with Gasteiger partial charge < -0.3 is 14.9 Å². The number of carbonyl (C=O) groups is 2. The zero-order valence-electron chi connectivity index (χ0n) is 12.8. The van der Waals surface area contributed by atoms with E-state index in [1.165, 1.54) is 17.0 Å². The molecule has 1 saturated heterocycles. The predicted octanol–water partition coefficient (Wildman–Crippen LogP) is 1.37. The second-order valence-electron chi connectivity index (χ2n) is 5.89. The molecule has 2 atom stereocenters. The molecule has 1 aromatic carbocycles. The van der Waals surface area contributed by atoms with Gasteiger partial charge in [-0.15, -0.1) is 0 Å². The highest BCUT2D eigenvalue weighted by atomic mass is 19.1. The molecule has 1 aliphatic rings. The average molecular weight is 308 g/mol. The molecule has 0 spiro atoms. The van der Waals surface area contributed by atoms with Crippen molar-refractivity contribution in [3.05, 3.63) is 35.6 Å². The number of carboxylic acids is 1. The third-order valence-electron chi connectivity index (χ3n) is 4.15. The summed E-state index contributed by atoms with van der Waals surface area (Å²) in [7, 11) is 3.82. The van der Waals surface area contributed by atoms with Crippen LogP contribution >= 0.6 is 0 Å². The molecule has 1 N–H and O–H groups in total. The standard InChI is InChI=1S/C16H21FN2O3/c1-18(2)13-6-7-19(14(10-13)16(21)22)15(20)9-11-4-3-5-12(17)8-11/h3-5,8,13-14H,6-7,9-10H2,1-2H3,(H,21,22). The van der Waals surface area contributed by atoms with Gasteiger partial charge in [0.05, 0.1) is 6.42 Å². The lowest BCUT2D eigenvalue weighted by Gasteiger charge is -2.39. The van der Waals surface area contributed by atoms with Crippen molar-refractivity contribution in [2.45, 2.75) is 31.3 Å². The van der Waals surface area contributed by atoms with E-state index in [0.29, 0.717) is 18.5 Å². The summed E-state index contributed by atoms with van der Waals surface area (Å²) in [4.78, 5) is 27.3. The topological polar surface area (TPSA) is 60.9 Å². The Bertz CT molecular complexity index is 562. The largest absolute Gasteiger partial charge is 0.480 e. The Morgan fingerprint density at radius 2 is 2.14 bits per heavy atom. The van der Waals surface area contributed by atoms with E-state index in [0.717, 1.165) is 6.42 Å². The highest BCUT2D eigenvalue weighted by molar-refractivity contribution is 5.85. The van der Waals surface area contributed by atoms with E-state index in [2.05, 4.69) is 0 Å². The first-order valence-electron chi connectivity index (χ1n) is 7.31. The molecule has 0 saturated carbocycles. The minimum atomic E-state index is -0.987. The Kier molecular flexibility index (Phi) is 5.13. The molecule has 1 aromatic rings. The summed E-state index contributed by atoms with van der Waals surface area (Å²) in [5, 5.41) is 9.39. The van der Waals surface area contributed by atoms with Gasteiger partial charge in [0.1, 0.15) is 11.9 Å². The van der Waals surface area contributed by atoms with Crippen molar-refractivity contribution in [3.8, 4) is 0 Å². The third-order valence-corrected chi connectivity index (χ3v) is 4.15. The lowest BCUT2D eigenvalue weighted by atomic mass is 9.95. The molecule has 5 nitrogen and oxygen atoms in total. The summed E-state index contributed by atoms with van der Waals surface area (Å²) >= 11 is 0. The van der Waals surface area contributed by atoms with Crippen LogP contribution in [0, 0.1) is 5.82 Å². The maximum atomic E-state index is 13.2. The van der Waals surface area contributed by atoms with E-state index >= 15 is 0 Å². The monoisotopic (exact) mass is 308 g/mol. The lowest BCUT2D eigenvalue weighted by molar-refractivity contribution is -0.153. The summed E-state index contributed by atoms with van der Waals surface area (Å²) in [6.45, 7) is 0.411. The molecule has 6 heteroatoms. The molecule has 0 aliphatic carbocycles. The molecule has 2 rings (SSSR count). The number of likely N-dealkylation sites (tertiary alicyclic amines) is 1. The predicted molar refractivity (Wildman–Crippen MR) is 79.9 cm³/mol. The fourth-order valence-electron chi connectivity index (χ4n) is 2.87. The van der Waals surface area contributed by atoms with Gasteiger partial charge in [0, 0.05) is 12.6 Å². The molecule has 120 valence electrons. The van der Waals surface area contributed by atoms with Gasteiger partial charge in [0.2, 0.25) is 5.91 Å². The second kappa shape index (κ2) is 6.87. The summed E-state index contributed by atoms with van der Waals surface area (Å²) in [6.07, 6.45) is 1.18. The molecule has 0 radical (unpaired) electrons. The zero-order valence-corrected chi connectivity index (χ0v) is 12.8. The maximum absolute atomic E-state index is 13.2. The molecule has 2 unspecified atom stereocenters. The number of carboxylic acid groups (broad SMARTS) is 1. The SMILES string of the molecule is CN(C)C1CCN(C(=O)Cc2cccc(F)c2)C(C(=O)O)C1. The smallest absolute Gasteiger partial charge is 0.326 e. The minimum absolute atomic E-state index is 0.0220. The maximum Gasteiger partial charge on any atom is 0.326 e. The van der Waals surface area contributed by atoms with E-state index < -0.39 is 17.8 Å². The molecular weight excluding hydrogens is 287 g/mol. The molecular formula is C16H21FN2O3. The van der Waals surface area contributed by atoms with Crippen LogP contribution in [-0.4, -0.2) is 59.5 Å². The minimum Gasteiger partial charge on any atom is -0.480 e. The highest BCUT2D eigenvalue weighted by Crippen LogP contribution is 2.22. The van der Waals surface area contributed by atoms with Gasteiger partial charge in [-0.3, -0.25) is 4.79 Å². The van der Waals surface area contributed by atoms with Crippen molar-refractivity contribution in [2.75, 3.05) is 20.6 Å². The van der Waals surface area contributed by atoms with Crippen LogP contribution in [0.1, 0.15) is 18.4 Å². The summed E-state index contributed by atoms with van der Waals surface area (Å²) in [6, 6.07) is 5.17. The third kappa shape index (κ3) is 3.82. The quantitative estimate of drug-likeness (QED) is 0.913. The lowest BCUT2D eigenvalue weighted by Crippen LogP contribution is -2.54. The molecule has 0 bridgehead atoms. The first-order valence-corrected chi connectivity index (χ1v) is 7.31. The van der Waals surface area contributed by atoms with Crippen molar-refractivity contribution in [1.29, 1.82) is 0 Å². The number of aliphatic carboxylic acids is 1. The number of halogens is 1. The van der Waals surface area contributed by atoms with Crippen LogP contribution in [0.25, 0.3) is 0 Å². The normalized spacial score (nSPS) is 21.9. The van der Waals surface area contributed by atoms with E-state index in [1.807, 2.05) is 19.0 Å². The summed E-state index contributed by atoms with van der Waals surface area (Å²) < 4.78 is 13.2. The van der Waals surface area contributed by atoms with Crippen molar-refractivity contribution >= 4 is 11.9 Å². The van der Waals surface area contributed by atoms with Crippen LogP contribution in [0.15, 0.2) is 24.3 Å². The van der Waals surface area contributed by atoms with Gasteiger partial charge in [-0.2, -0.15) is 0 Å². The van der Waals surface area contributed by atoms with E-state index in [1.54, 1.807) is 12.1 Å². The summed E-state index contributed by atoms with van der Waals surface area (Å²) in [5.74, 6) is -1.65. The number of carbonyl (C=O) groups excluding carboxylic acids is 1. The average Bonchev–Trinajstić information content (AvgIpc) is 2.46. The number of benzene rings is 1. The fraction of sp³-hybridized carbons (Fsp3) is 0.500. The first kappa shape index (κ1) is 16.4. The van der Waals surface area contributed by atoms with Crippen LogP contribution in [0.5, 0.6) is 0 Å². The second-order valence-corrected chi connectivity index (χ2v) is 5.89. The number of hydrogen-bond donors (Lipinski definition) is 1. The van der Waals surface area contributed by atoms with Crippen LogP contribution in [0.3, 0.4) is 0 Å². The van der Waals surface area contributed by atoms with Gasteiger partial charge in [-0.25, -0.2) is 9.18 Å². The number of nitrogens with zero attached hydrogens (tertiary/aromatic N) is 2. The van der Waals surface area contributed by atoms with Gasteiger partial charge in [0.25, 0.3) is 0 Å². The molecule has 22 heavy (non-hydrogen) atoms. The van der Waals surface area contributed by atoms with E-state index in [-0.39, 0.29) is 18.4 Å². The molecule has 1 fully saturated rings. The number of hydrogen-bond acceptors (Lipinski definition) is 3. The Labute approximate surface area is 129 Å². The van der Waals surface area contributed by atoms with E-state index in [9.17, 15) is 19.1 Å². The van der Waals surface area contributed by atoms with Gasteiger partial charge in [-0.05, 0) is 44.6 Å². The van der Waals surface area contributed by atoms with Crippen LogP contribution in [-0.2, 0) is 16.0 Å². The van der Waals surface area contributed by atoms with Gasteiger partial charge in [0.15, 0.2) is 0 Å². The number of rotatable bonds is 4. The summed E-state index contributed by atoms with van der Waals surface area (Å²) in [5.41, 5.74) is 0.559. The van der Waals surface area contributed by atoms with Crippen molar-refractivity contribution in [2.24, 2.45) is 0 Å². The van der Waals surface area contributed by atoms with Crippen LogP contribution < -0.4 is 0 Å². The molecule has 1 amide bonds. The molecule has 1 aliphatic heterocycles. The van der Waals surface area contributed by atoms with Crippen molar-refractivity contribution < 1.29 is 19.1 Å². The van der Waals surface area contributed by atoms with Crippen LogP contribution in [0.2, 0.25) is 0 Å².